The summed E-state index contributed by atoms with van der Waals surface area (Å²) in [6.07, 6.45) is 28.7. The molecule has 0 heterocycles. The van der Waals surface area contributed by atoms with Crippen LogP contribution in [0.5, 0.6) is 0 Å². The number of hydrogen-bond donors (Lipinski definition) is 3. The molecule has 1 unspecified atom stereocenters. The van der Waals surface area contributed by atoms with Crippen molar-refractivity contribution in [1.29, 1.82) is 0 Å². The van der Waals surface area contributed by atoms with Crippen LogP contribution in [0.1, 0.15) is 155 Å². The number of carbonyl (C=O) groups is 2. The molecule has 0 aromatic carbocycles. The van der Waals surface area contributed by atoms with E-state index >= 15 is 0 Å². The molecule has 0 saturated carbocycles. The number of phosphoric ester groups is 1. The van der Waals surface area contributed by atoms with E-state index in [9.17, 15) is 24.2 Å². The monoisotopic (exact) mass is 690 g/mol. The smallest absolute Gasteiger partial charge is 0.462 e. The minimum absolute atomic E-state index is 0.170. The SMILES string of the molecule is CCCCC/C=C\C/C=C\CCCCCCCC(=O)O[C@H](COC(=O)CCCCCCCCCCC)COP(=O)(O)OC[C@@H](O)CO. The summed E-state index contributed by atoms with van der Waals surface area (Å²) in [5.74, 6) is -0.944. The van der Waals surface area contributed by atoms with Gasteiger partial charge in [0.2, 0.25) is 0 Å². The van der Waals surface area contributed by atoms with Gasteiger partial charge in [-0.3, -0.25) is 18.6 Å². The largest absolute Gasteiger partial charge is 0.472 e. The Bertz CT molecular complexity index is 848. The number of carbonyl (C=O) groups excluding carboxylic acids is 2. The van der Waals surface area contributed by atoms with E-state index in [-0.39, 0.29) is 19.4 Å². The molecule has 0 aromatic heterocycles. The van der Waals surface area contributed by atoms with Crippen molar-refractivity contribution >= 4 is 19.8 Å². The number of aliphatic hydroxyl groups is 2. The Labute approximate surface area is 285 Å². The Morgan fingerprint density at radius 2 is 1.11 bits per heavy atom. The van der Waals surface area contributed by atoms with Crippen LogP contribution < -0.4 is 0 Å². The second kappa shape index (κ2) is 33.0. The molecule has 0 bridgehead atoms. The van der Waals surface area contributed by atoms with Gasteiger partial charge in [-0.05, 0) is 44.9 Å². The van der Waals surface area contributed by atoms with Crippen LogP contribution in [0.2, 0.25) is 0 Å². The molecule has 0 aliphatic heterocycles. The summed E-state index contributed by atoms with van der Waals surface area (Å²) in [7, 11) is -4.61. The zero-order valence-electron chi connectivity index (χ0n) is 29.5. The van der Waals surface area contributed by atoms with Gasteiger partial charge in [-0.2, -0.15) is 0 Å². The van der Waals surface area contributed by atoms with Crippen molar-refractivity contribution in [2.24, 2.45) is 0 Å². The van der Waals surface area contributed by atoms with Gasteiger partial charge in [0.05, 0.1) is 19.8 Å². The number of hydrogen-bond acceptors (Lipinski definition) is 9. The fraction of sp³-hybridized carbons (Fsp3) is 0.833. The summed E-state index contributed by atoms with van der Waals surface area (Å²) in [4.78, 5) is 34.7. The molecule has 0 rings (SSSR count). The molecule has 0 saturated heterocycles. The Kier molecular flexibility index (Phi) is 31.9. The van der Waals surface area contributed by atoms with E-state index in [1.165, 1.54) is 51.4 Å². The molecule has 0 radical (unpaired) electrons. The highest BCUT2D eigenvalue weighted by Crippen LogP contribution is 2.43. The summed E-state index contributed by atoms with van der Waals surface area (Å²) in [6.45, 7) is 2.29. The second-order valence-corrected chi connectivity index (χ2v) is 13.7. The van der Waals surface area contributed by atoms with E-state index in [2.05, 4.69) is 42.7 Å². The third-order valence-corrected chi connectivity index (χ3v) is 8.56. The first-order chi connectivity index (χ1) is 22.7. The first kappa shape index (κ1) is 45.5. The van der Waals surface area contributed by atoms with Gasteiger partial charge in [0.15, 0.2) is 6.10 Å². The molecule has 276 valence electrons. The number of esters is 2. The fourth-order valence-electron chi connectivity index (χ4n) is 4.73. The lowest BCUT2D eigenvalue weighted by molar-refractivity contribution is -0.161. The quantitative estimate of drug-likeness (QED) is 0.0259. The predicted octanol–water partition coefficient (Wildman–Crippen LogP) is 8.66. The summed E-state index contributed by atoms with van der Waals surface area (Å²) in [5.41, 5.74) is 0. The van der Waals surface area contributed by atoms with Crippen molar-refractivity contribution in [2.75, 3.05) is 26.4 Å². The normalized spacial score (nSPS) is 14.4. The summed E-state index contributed by atoms with van der Waals surface area (Å²) in [5, 5.41) is 18.2. The van der Waals surface area contributed by atoms with Crippen LogP contribution in [0, 0.1) is 0 Å². The number of phosphoric acid groups is 1. The van der Waals surface area contributed by atoms with Crippen molar-refractivity contribution in [1.82, 2.24) is 0 Å². The molecule has 0 spiro atoms. The maximum atomic E-state index is 12.5. The minimum atomic E-state index is -4.61. The Morgan fingerprint density at radius 1 is 0.638 bits per heavy atom. The van der Waals surface area contributed by atoms with Crippen LogP contribution in [0.15, 0.2) is 24.3 Å². The Morgan fingerprint density at radius 3 is 1.68 bits per heavy atom. The average Bonchev–Trinajstić information content (AvgIpc) is 3.05. The molecule has 3 N–H and O–H groups in total. The molecule has 0 aliphatic carbocycles. The lowest BCUT2D eigenvalue weighted by Crippen LogP contribution is -2.29. The molecule has 0 amide bonds. The molecular formula is C36H67O10P. The van der Waals surface area contributed by atoms with Crippen LogP contribution in [0.25, 0.3) is 0 Å². The fourth-order valence-corrected chi connectivity index (χ4v) is 5.52. The third-order valence-electron chi connectivity index (χ3n) is 7.61. The average molecular weight is 691 g/mol. The van der Waals surface area contributed by atoms with Gasteiger partial charge >= 0.3 is 19.8 Å². The van der Waals surface area contributed by atoms with Crippen LogP contribution >= 0.6 is 7.82 Å². The lowest BCUT2D eigenvalue weighted by atomic mass is 10.1. The summed E-state index contributed by atoms with van der Waals surface area (Å²) < 4.78 is 32.5. The van der Waals surface area contributed by atoms with Crippen LogP contribution in [-0.2, 0) is 32.7 Å². The maximum absolute atomic E-state index is 12.5. The standard InChI is InChI=1S/C36H67O10P/c1-3-5-7-9-11-13-14-15-16-17-18-20-22-24-26-28-36(40)46-34(32-45-47(41,42)44-30-33(38)29-37)31-43-35(39)27-25-23-21-19-12-10-8-6-4-2/h11,13,15-16,33-34,37-38H,3-10,12,14,17-32H2,1-2H3,(H,41,42)/b13-11-,16-15-/t33-,34+/m0/s1. The van der Waals surface area contributed by atoms with E-state index in [0.29, 0.717) is 12.8 Å². The van der Waals surface area contributed by atoms with Crippen molar-refractivity contribution in [2.45, 2.75) is 167 Å². The highest BCUT2D eigenvalue weighted by Gasteiger charge is 2.27. The number of unbranched alkanes of at least 4 members (excludes halogenated alkanes) is 16. The second-order valence-electron chi connectivity index (χ2n) is 12.3. The Hall–Kier alpha value is -1.55. The van der Waals surface area contributed by atoms with Gasteiger partial charge in [0, 0.05) is 12.8 Å². The van der Waals surface area contributed by atoms with Crippen LogP contribution in [0.4, 0.5) is 0 Å². The molecule has 47 heavy (non-hydrogen) atoms. The number of ether oxygens (including phenoxy) is 2. The van der Waals surface area contributed by atoms with Crippen molar-refractivity contribution < 1.29 is 47.8 Å². The van der Waals surface area contributed by atoms with E-state index in [1.54, 1.807) is 0 Å². The Balaban J connectivity index is 4.40. The predicted molar refractivity (Wildman–Crippen MR) is 187 cm³/mol. The van der Waals surface area contributed by atoms with Gasteiger partial charge in [-0.25, -0.2) is 4.57 Å². The first-order valence-electron chi connectivity index (χ1n) is 18.3. The van der Waals surface area contributed by atoms with Gasteiger partial charge in [0.1, 0.15) is 12.7 Å². The van der Waals surface area contributed by atoms with Gasteiger partial charge in [0.25, 0.3) is 0 Å². The first-order valence-corrected chi connectivity index (χ1v) is 19.8. The number of rotatable bonds is 34. The van der Waals surface area contributed by atoms with Crippen LogP contribution in [-0.4, -0.2) is 65.7 Å². The molecular weight excluding hydrogens is 623 g/mol. The highest BCUT2D eigenvalue weighted by molar-refractivity contribution is 7.47. The summed E-state index contributed by atoms with van der Waals surface area (Å²) in [6, 6.07) is 0. The molecule has 0 fully saturated rings. The van der Waals surface area contributed by atoms with E-state index < -0.39 is 51.8 Å². The zero-order chi connectivity index (χ0) is 34.9. The molecule has 11 heteroatoms. The lowest BCUT2D eigenvalue weighted by Gasteiger charge is -2.20. The van der Waals surface area contributed by atoms with Gasteiger partial charge in [-0.15, -0.1) is 0 Å². The van der Waals surface area contributed by atoms with Crippen LogP contribution in [0.3, 0.4) is 0 Å². The molecule has 10 nitrogen and oxygen atoms in total. The highest BCUT2D eigenvalue weighted by atomic mass is 31.2. The number of aliphatic hydroxyl groups excluding tert-OH is 2. The van der Waals surface area contributed by atoms with Crippen molar-refractivity contribution in [3.63, 3.8) is 0 Å². The minimum Gasteiger partial charge on any atom is -0.462 e. The van der Waals surface area contributed by atoms with E-state index in [1.807, 2.05) is 0 Å². The van der Waals surface area contributed by atoms with Crippen molar-refractivity contribution in [3.8, 4) is 0 Å². The molecule has 3 atom stereocenters. The van der Waals surface area contributed by atoms with Gasteiger partial charge < -0.3 is 24.6 Å². The zero-order valence-corrected chi connectivity index (χ0v) is 30.4. The summed E-state index contributed by atoms with van der Waals surface area (Å²) >= 11 is 0. The van der Waals surface area contributed by atoms with Crippen molar-refractivity contribution in [3.05, 3.63) is 24.3 Å². The maximum Gasteiger partial charge on any atom is 0.472 e. The van der Waals surface area contributed by atoms with E-state index in [4.69, 9.17) is 19.1 Å². The van der Waals surface area contributed by atoms with E-state index in [0.717, 1.165) is 64.2 Å². The molecule has 0 aromatic rings. The third kappa shape index (κ3) is 32.8. The number of allylic oxidation sites excluding steroid dienone is 4. The molecule has 0 aliphatic rings. The topological polar surface area (TPSA) is 149 Å². The van der Waals surface area contributed by atoms with Gasteiger partial charge in [-0.1, -0.05) is 122 Å².